The summed E-state index contributed by atoms with van der Waals surface area (Å²) in [4.78, 5) is 25.9. The van der Waals surface area contributed by atoms with E-state index in [4.69, 9.17) is 4.74 Å². The highest BCUT2D eigenvalue weighted by molar-refractivity contribution is 5.78. The predicted octanol–water partition coefficient (Wildman–Crippen LogP) is 2.03. The Hall–Kier alpha value is -1.30. The van der Waals surface area contributed by atoms with Gasteiger partial charge in [0.2, 0.25) is 5.91 Å². The fourth-order valence-electron chi connectivity index (χ4n) is 3.26. The molecule has 2 rings (SSSR count). The minimum absolute atomic E-state index is 0.132. The van der Waals surface area contributed by atoms with Crippen LogP contribution in [0.2, 0.25) is 0 Å². The molecule has 23 heavy (non-hydrogen) atoms. The smallest absolute Gasteiger partial charge is 0.407 e. The highest BCUT2D eigenvalue weighted by Crippen LogP contribution is 2.20. The third-order valence-corrected chi connectivity index (χ3v) is 4.40. The average molecular weight is 325 g/mol. The maximum atomic E-state index is 12.1. The van der Waals surface area contributed by atoms with Gasteiger partial charge >= 0.3 is 6.09 Å². The Morgan fingerprint density at radius 3 is 2.39 bits per heavy atom. The number of hydrogen-bond acceptors (Lipinski definition) is 4. The van der Waals surface area contributed by atoms with E-state index < -0.39 is 5.60 Å². The first-order valence-corrected chi connectivity index (χ1v) is 8.84. The molecule has 2 unspecified atom stereocenters. The molecule has 132 valence electrons. The van der Waals surface area contributed by atoms with E-state index in [9.17, 15) is 9.59 Å². The van der Waals surface area contributed by atoms with Crippen LogP contribution >= 0.6 is 0 Å². The van der Waals surface area contributed by atoms with Crippen molar-refractivity contribution < 1.29 is 14.3 Å². The van der Waals surface area contributed by atoms with Crippen LogP contribution in [0.15, 0.2) is 0 Å². The molecule has 2 atom stereocenters. The van der Waals surface area contributed by atoms with Gasteiger partial charge in [0.05, 0.1) is 6.54 Å². The van der Waals surface area contributed by atoms with Crippen molar-refractivity contribution in [2.45, 2.75) is 77.0 Å². The van der Waals surface area contributed by atoms with Gasteiger partial charge in [-0.15, -0.1) is 0 Å². The first-order valence-electron chi connectivity index (χ1n) is 8.84. The maximum Gasteiger partial charge on any atom is 0.407 e. The zero-order valence-corrected chi connectivity index (χ0v) is 14.7. The standard InChI is InChI=1S/C17H31N3O3/c1-17(2,3)23-16(22)19-14-8-7-13(11-14)18-12-15(21)20-9-5-4-6-10-20/h13-14,18H,4-12H2,1-3H3,(H,19,22). The molecule has 1 saturated heterocycles. The lowest BCUT2D eigenvalue weighted by atomic mass is 10.1. The summed E-state index contributed by atoms with van der Waals surface area (Å²) in [7, 11) is 0. The number of piperidine rings is 1. The summed E-state index contributed by atoms with van der Waals surface area (Å²) in [6, 6.07) is 0.427. The number of nitrogens with one attached hydrogen (secondary N) is 2. The van der Waals surface area contributed by atoms with Gasteiger partial charge in [-0.05, 0) is 59.3 Å². The normalized spacial score (nSPS) is 25.3. The van der Waals surface area contributed by atoms with Crippen LogP contribution in [-0.4, -0.2) is 54.2 Å². The summed E-state index contributed by atoms with van der Waals surface area (Å²) in [5.74, 6) is 0.202. The summed E-state index contributed by atoms with van der Waals surface area (Å²) in [6.45, 7) is 7.78. The van der Waals surface area contributed by atoms with E-state index in [0.29, 0.717) is 12.6 Å². The molecule has 0 bridgehead atoms. The van der Waals surface area contributed by atoms with E-state index >= 15 is 0 Å². The minimum Gasteiger partial charge on any atom is -0.444 e. The lowest BCUT2D eigenvalue weighted by molar-refractivity contribution is -0.131. The second-order valence-corrected chi connectivity index (χ2v) is 7.68. The Balaban J connectivity index is 1.65. The Kier molecular flexibility index (Phi) is 6.27. The van der Waals surface area contributed by atoms with Gasteiger partial charge in [0, 0.05) is 25.2 Å². The molecule has 1 aliphatic heterocycles. The van der Waals surface area contributed by atoms with Crippen molar-refractivity contribution in [2.24, 2.45) is 0 Å². The minimum atomic E-state index is -0.471. The fourth-order valence-corrected chi connectivity index (χ4v) is 3.26. The summed E-state index contributed by atoms with van der Waals surface area (Å²) < 4.78 is 5.28. The molecule has 1 saturated carbocycles. The molecule has 0 aromatic rings. The highest BCUT2D eigenvalue weighted by atomic mass is 16.6. The van der Waals surface area contributed by atoms with Gasteiger partial charge in [0.1, 0.15) is 5.60 Å². The second kappa shape index (κ2) is 7.99. The first kappa shape index (κ1) is 18.0. The molecule has 1 aliphatic carbocycles. The number of rotatable bonds is 4. The van der Waals surface area contributed by atoms with Crippen LogP contribution < -0.4 is 10.6 Å². The lowest BCUT2D eigenvalue weighted by Gasteiger charge is -2.27. The predicted molar refractivity (Wildman–Crippen MR) is 89.2 cm³/mol. The number of carbonyl (C=O) groups is 2. The lowest BCUT2D eigenvalue weighted by Crippen LogP contribution is -2.44. The average Bonchev–Trinajstić information content (AvgIpc) is 2.91. The van der Waals surface area contributed by atoms with E-state index in [-0.39, 0.29) is 18.0 Å². The molecule has 0 radical (unpaired) electrons. The number of amides is 2. The third-order valence-electron chi connectivity index (χ3n) is 4.40. The molecule has 2 N–H and O–H groups in total. The molecule has 0 spiro atoms. The fraction of sp³-hybridized carbons (Fsp3) is 0.882. The number of likely N-dealkylation sites (tertiary alicyclic amines) is 1. The summed E-state index contributed by atoms with van der Waals surface area (Å²) in [5, 5.41) is 6.27. The summed E-state index contributed by atoms with van der Waals surface area (Å²) in [6.07, 6.45) is 5.88. The number of alkyl carbamates (subject to hydrolysis) is 1. The zero-order valence-electron chi connectivity index (χ0n) is 14.7. The molecule has 6 heteroatoms. The van der Waals surface area contributed by atoms with E-state index in [1.165, 1.54) is 6.42 Å². The Labute approximate surface area is 139 Å². The van der Waals surface area contributed by atoms with E-state index in [1.54, 1.807) is 0 Å². The van der Waals surface area contributed by atoms with Gasteiger partial charge in [-0.2, -0.15) is 0 Å². The number of carbonyl (C=O) groups excluding carboxylic acids is 2. The van der Waals surface area contributed by atoms with Crippen LogP contribution in [-0.2, 0) is 9.53 Å². The maximum absolute atomic E-state index is 12.1. The van der Waals surface area contributed by atoms with E-state index in [2.05, 4.69) is 10.6 Å². The molecule has 2 aliphatic rings. The number of nitrogens with zero attached hydrogens (tertiary/aromatic N) is 1. The molecule has 0 aromatic heterocycles. The van der Waals surface area contributed by atoms with Crippen LogP contribution in [0.4, 0.5) is 4.79 Å². The quantitative estimate of drug-likeness (QED) is 0.830. The molecular weight excluding hydrogens is 294 g/mol. The molecule has 2 amide bonds. The molecule has 0 aromatic carbocycles. The van der Waals surface area contributed by atoms with Gasteiger partial charge < -0.3 is 20.3 Å². The van der Waals surface area contributed by atoms with Crippen molar-refractivity contribution in [1.29, 1.82) is 0 Å². The molecule has 1 heterocycles. The van der Waals surface area contributed by atoms with Crippen molar-refractivity contribution >= 4 is 12.0 Å². The van der Waals surface area contributed by atoms with E-state index in [0.717, 1.165) is 45.2 Å². The van der Waals surface area contributed by atoms with Gasteiger partial charge in [-0.3, -0.25) is 4.79 Å². The first-order chi connectivity index (χ1) is 10.8. The van der Waals surface area contributed by atoms with Crippen LogP contribution in [0.1, 0.15) is 59.3 Å². The summed E-state index contributed by atoms with van der Waals surface area (Å²) in [5.41, 5.74) is -0.471. The van der Waals surface area contributed by atoms with Crippen LogP contribution in [0.3, 0.4) is 0 Å². The zero-order chi connectivity index (χ0) is 16.9. The topological polar surface area (TPSA) is 70.7 Å². The number of ether oxygens (including phenoxy) is 1. The molecular formula is C17H31N3O3. The van der Waals surface area contributed by atoms with Crippen LogP contribution in [0, 0.1) is 0 Å². The highest BCUT2D eigenvalue weighted by Gasteiger charge is 2.28. The van der Waals surface area contributed by atoms with Gasteiger partial charge in [-0.1, -0.05) is 0 Å². The van der Waals surface area contributed by atoms with Gasteiger partial charge in [0.25, 0.3) is 0 Å². The molecule has 6 nitrogen and oxygen atoms in total. The third kappa shape index (κ3) is 6.37. The van der Waals surface area contributed by atoms with Gasteiger partial charge in [0.15, 0.2) is 0 Å². The largest absolute Gasteiger partial charge is 0.444 e. The molecule has 2 fully saturated rings. The Morgan fingerprint density at radius 1 is 1.09 bits per heavy atom. The second-order valence-electron chi connectivity index (χ2n) is 7.68. The van der Waals surface area contributed by atoms with Crippen LogP contribution in [0.25, 0.3) is 0 Å². The van der Waals surface area contributed by atoms with Crippen molar-refractivity contribution in [3.05, 3.63) is 0 Å². The number of hydrogen-bond donors (Lipinski definition) is 2. The Morgan fingerprint density at radius 2 is 1.74 bits per heavy atom. The van der Waals surface area contributed by atoms with Crippen molar-refractivity contribution in [1.82, 2.24) is 15.5 Å². The monoisotopic (exact) mass is 325 g/mol. The Bertz CT molecular complexity index is 414. The van der Waals surface area contributed by atoms with Crippen LogP contribution in [0.5, 0.6) is 0 Å². The van der Waals surface area contributed by atoms with Crippen molar-refractivity contribution in [2.75, 3.05) is 19.6 Å². The van der Waals surface area contributed by atoms with Crippen molar-refractivity contribution in [3.63, 3.8) is 0 Å². The van der Waals surface area contributed by atoms with Gasteiger partial charge in [-0.25, -0.2) is 4.79 Å². The van der Waals surface area contributed by atoms with Crippen molar-refractivity contribution in [3.8, 4) is 0 Å². The van der Waals surface area contributed by atoms with E-state index in [1.807, 2.05) is 25.7 Å². The SMILES string of the molecule is CC(C)(C)OC(=O)NC1CCC(NCC(=O)N2CCCCC2)C1. The summed E-state index contributed by atoms with van der Waals surface area (Å²) >= 11 is 0.